The zero-order valence-electron chi connectivity index (χ0n) is 15.1. The van der Waals surface area contributed by atoms with Crippen LogP contribution in [-0.2, 0) is 0 Å². The van der Waals surface area contributed by atoms with Gasteiger partial charge in [-0.25, -0.2) is 9.97 Å². The molecule has 3 rings (SSSR count). The first-order valence-electron chi connectivity index (χ1n) is 8.74. The molecule has 1 saturated carbocycles. The molecule has 0 bridgehead atoms. The maximum atomic E-state index is 12.4. The smallest absolute Gasteiger partial charge is 0.288 e. The van der Waals surface area contributed by atoms with Crippen molar-refractivity contribution in [3.8, 4) is 11.8 Å². The van der Waals surface area contributed by atoms with E-state index in [1.54, 1.807) is 0 Å². The van der Waals surface area contributed by atoms with Crippen LogP contribution < -0.4 is 14.8 Å². The van der Waals surface area contributed by atoms with E-state index >= 15 is 0 Å². The number of benzene rings is 1. The zero-order valence-corrected chi connectivity index (χ0v) is 15.9. The maximum absolute atomic E-state index is 12.4. The minimum atomic E-state index is -0.609. The van der Waals surface area contributed by atoms with Gasteiger partial charge < -0.3 is 14.8 Å². The molecule has 148 valence electrons. The third kappa shape index (κ3) is 4.66. The van der Waals surface area contributed by atoms with Crippen LogP contribution >= 0.6 is 11.6 Å². The number of hydrogen-bond acceptors (Lipinski definition) is 7. The Hall–Kier alpha value is -2.94. The Morgan fingerprint density at radius 3 is 2.54 bits per heavy atom. The summed E-state index contributed by atoms with van der Waals surface area (Å²) in [7, 11) is 1.50. The van der Waals surface area contributed by atoms with Crippen LogP contribution in [0.5, 0.6) is 11.8 Å². The number of nitro groups is 1. The minimum absolute atomic E-state index is 0.00125. The number of nitro benzene ring substituents is 1. The van der Waals surface area contributed by atoms with Crippen LogP contribution in [0, 0.1) is 10.1 Å². The summed E-state index contributed by atoms with van der Waals surface area (Å²) < 4.78 is 11.0. The van der Waals surface area contributed by atoms with Gasteiger partial charge in [0.15, 0.2) is 0 Å². The molecule has 1 aliphatic rings. The molecular formula is C18H19ClN4O5. The van der Waals surface area contributed by atoms with Crippen molar-refractivity contribution in [3.05, 3.63) is 51.3 Å². The van der Waals surface area contributed by atoms with Crippen molar-refractivity contribution in [2.24, 2.45) is 0 Å². The number of carbonyl (C=O) groups excluding carboxylic acids is 1. The standard InChI is InChI=1S/C18H19ClN4O5/c1-27-17-18(21-9-8-20-17)28-13-5-3-12(4-6-13)22-16(24)11-2-7-14(19)15(10-11)23(25)26/h2,7-10,12-13H,3-6H2,1H3,(H,22,24). The lowest BCUT2D eigenvalue weighted by Crippen LogP contribution is -2.39. The van der Waals surface area contributed by atoms with Gasteiger partial charge in [0.25, 0.3) is 23.4 Å². The molecular weight excluding hydrogens is 388 g/mol. The van der Waals surface area contributed by atoms with Crippen molar-refractivity contribution < 1.29 is 19.2 Å². The van der Waals surface area contributed by atoms with Crippen molar-refractivity contribution in [1.82, 2.24) is 15.3 Å². The van der Waals surface area contributed by atoms with Gasteiger partial charge in [0, 0.05) is 30.1 Å². The van der Waals surface area contributed by atoms with Crippen LogP contribution in [0.3, 0.4) is 0 Å². The summed E-state index contributed by atoms with van der Waals surface area (Å²) in [6.45, 7) is 0. The average molecular weight is 407 g/mol. The molecule has 1 aromatic carbocycles. The Morgan fingerprint density at radius 2 is 1.89 bits per heavy atom. The summed E-state index contributed by atoms with van der Waals surface area (Å²) in [6, 6.07) is 3.98. The first-order chi connectivity index (χ1) is 13.5. The predicted octanol–water partition coefficient (Wildman–Crippen LogP) is 3.17. The topological polar surface area (TPSA) is 116 Å². The highest BCUT2D eigenvalue weighted by atomic mass is 35.5. The predicted molar refractivity (Wildman–Crippen MR) is 101 cm³/mol. The second kappa shape index (κ2) is 8.83. The Balaban J connectivity index is 1.55. The van der Waals surface area contributed by atoms with E-state index in [0.29, 0.717) is 24.6 Å². The molecule has 0 saturated heterocycles. The summed E-state index contributed by atoms with van der Waals surface area (Å²) in [5.74, 6) is 0.327. The normalized spacial score (nSPS) is 18.9. The highest BCUT2D eigenvalue weighted by Crippen LogP contribution is 2.28. The molecule has 2 aromatic rings. The molecule has 28 heavy (non-hydrogen) atoms. The molecule has 1 heterocycles. The monoisotopic (exact) mass is 406 g/mol. The van der Waals surface area contributed by atoms with E-state index in [0.717, 1.165) is 12.8 Å². The second-order valence-electron chi connectivity index (χ2n) is 6.36. The molecule has 0 atom stereocenters. The van der Waals surface area contributed by atoms with E-state index in [2.05, 4.69) is 15.3 Å². The van der Waals surface area contributed by atoms with Gasteiger partial charge >= 0.3 is 0 Å². The van der Waals surface area contributed by atoms with Gasteiger partial charge in [-0.2, -0.15) is 0 Å². The average Bonchev–Trinajstić information content (AvgIpc) is 2.70. The number of halogens is 1. The number of methoxy groups -OCH3 is 1. The van der Waals surface area contributed by atoms with Crippen molar-refractivity contribution >= 4 is 23.2 Å². The Kier molecular flexibility index (Phi) is 6.25. The molecule has 0 radical (unpaired) electrons. The minimum Gasteiger partial charge on any atom is -0.477 e. The van der Waals surface area contributed by atoms with Crippen molar-refractivity contribution in [2.75, 3.05) is 7.11 Å². The van der Waals surface area contributed by atoms with Crippen molar-refractivity contribution in [3.63, 3.8) is 0 Å². The highest BCUT2D eigenvalue weighted by Gasteiger charge is 2.26. The lowest BCUT2D eigenvalue weighted by atomic mass is 9.92. The lowest BCUT2D eigenvalue weighted by molar-refractivity contribution is -0.384. The van der Waals surface area contributed by atoms with E-state index in [-0.39, 0.29) is 34.3 Å². The first-order valence-corrected chi connectivity index (χ1v) is 9.12. The van der Waals surface area contributed by atoms with Gasteiger partial charge in [-0.15, -0.1) is 0 Å². The quantitative estimate of drug-likeness (QED) is 0.578. The van der Waals surface area contributed by atoms with Gasteiger partial charge in [0.05, 0.1) is 12.0 Å². The van der Waals surface area contributed by atoms with Crippen molar-refractivity contribution in [2.45, 2.75) is 37.8 Å². The highest BCUT2D eigenvalue weighted by molar-refractivity contribution is 6.32. The van der Waals surface area contributed by atoms with Crippen LogP contribution in [-0.4, -0.2) is 40.1 Å². The van der Waals surface area contributed by atoms with Gasteiger partial charge in [0.1, 0.15) is 11.1 Å². The fourth-order valence-corrected chi connectivity index (χ4v) is 3.27. The number of hydrogen-bond donors (Lipinski definition) is 1. The van der Waals surface area contributed by atoms with Crippen molar-refractivity contribution in [1.29, 1.82) is 0 Å². The molecule has 1 amide bonds. The fourth-order valence-electron chi connectivity index (χ4n) is 3.08. The Labute approximate surface area is 166 Å². The Morgan fingerprint density at radius 1 is 1.21 bits per heavy atom. The molecule has 1 aromatic heterocycles. The number of rotatable bonds is 6. The number of amides is 1. The molecule has 0 aliphatic heterocycles. The molecule has 0 unspecified atom stereocenters. The summed E-state index contributed by atoms with van der Waals surface area (Å²) in [5, 5.41) is 13.9. The van der Waals surface area contributed by atoms with Gasteiger partial charge in [-0.3, -0.25) is 14.9 Å². The third-order valence-electron chi connectivity index (χ3n) is 4.52. The molecule has 0 spiro atoms. The van der Waals surface area contributed by atoms with Crippen LogP contribution in [0.1, 0.15) is 36.0 Å². The molecule has 9 nitrogen and oxygen atoms in total. The lowest BCUT2D eigenvalue weighted by Gasteiger charge is -2.29. The first kappa shape index (κ1) is 19.8. The van der Waals surface area contributed by atoms with E-state index in [1.807, 2.05) is 0 Å². The number of aromatic nitrogens is 2. The third-order valence-corrected chi connectivity index (χ3v) is 4.84. The maximum Gasteiger partial charge on any atom is 0.288 e. The van der Waals surface area contributed by atoms with Crippen LogP contribution in [0.2, 0.25) is 5.02 Å². The van der Waals surface area contributed by atoms with E-state index in [9.17, 15) is 14.9 Å². The fraction of sp³-hybridized carbons (Fsp3) is 0.389. The molecule has 1 aliphatic carbocycles. The second-order valence-corrected chi connectivity index (χ2v) is 6.77. The molecule has 1 N–H and O–H groups in total. The van der Waals surface area contributed by atoms with E-state index in [4.69, 9.17) is 21.1 Å². The summed E-state index contributed by atoms with van der Waals surface area (Å²) in [4.78, 5) is 31.0. The molecule has 1 fully saturated rings. The number of nitrogens with one attached hydrogen (secondary N) is 1. The van der Waals surface area contributed by atoms with Crippen LogP contribution in [0.15, 0.2) is 30.6 Å². The number of carbonyl (C=O) groups is 1. The Bertz CT molecular complexity index is 871. The van der Waals surface area contributed by atoms with E-state index in [1.165, 1.54) is 37.7 Å². The summed E-state index contributed by atoms with van der Waals surface area (Å²) in [6.07, 6.45) is 5.91. The number of ether oxygens (including phenoxy) is 2. The van der Waals surface area contributed by atoms with Crippen LogP contribution in [0.4, 0.5) is 5.69 Å². The van der Waals surface area contributed by atoms with Gasteiger partial charge in [0.2, 0.25) is 0 Å². The van der Waals surface area contributed by atoms with E-state index < -0.39 is 4.92 Å². The van der Waals surface area contributed by atoms with Gasteiger partial charge in [-0.1, -0.05) is 11.6 Å². The summed E-state index contributed by atoms with van der Waals surface area (Å²) in [5.41, 5.74) is -0.0805. The molecule has 10 heteroatoms. The number of nitrogens with zero attached hydrogens (tertiary/aromatic N) is 3. The van der Waals surface area contributed by atoms with Gasteiger partial charge in [-0.05, 0) is 37.8 Å². The zero-order chi connectivity index (χ0) is 20.1. The van der Waals surface area contributed by atoms with Crippen LogP contribution in [0.25, 0.3) is 0 Å². The SMILES string of the molecule is COc1nccnc1OC1CCC(NC(=O)c2ccc(Cl)c([N+](=O)[O-])c2)CC1. The largest absolute Gasteiger partial charge is 0.477 e. The summed E-state index contributed by atoms with van der Waals surface area (Å²) >= 11 is 5.79.